The number of carbonyl (C=O) groups is 1. The van der Waals surface area contributed by atoms with Gasteiger partial charge in [-0.15, -0.1) is 0 Å². The summed E-state index contributed by atoms with van der Waals surface area (Å²) in [4.78, 5) is 21.9. The number of anilines is 1. The molecule has 0 atom stereocenters. The predicted molar refractivity (Wildman–Crippen MR) is 75.4 cm³/mol. The highest BCUT2D eigenvalue weighted by atomic mass is 16.6. The van der Waals surface area contributed by atoms with Gasteiger partial charge in [-0.2, -0.15) is 0 Å². The third-order valence-corrected chi connectivity index (χ3v) is 3.65. The summed E-state index contributed by atoms with van der Waals surface area (Å²) >= 11 is 0. The zero-order valence-corrected chi connectivity index (χ0v) is 11.4. The van der Waals surface area contributed by atoms with Crippen LogP contribution >= 0.6 is 0 Å². The maximum absolute atomic E-state index is 11.8. The van der Waals surface area contributed by atoms with E-state index in [0.29, 0.717) is 18.3 Å². The van der Waals surface area contributed by atoms with Crippen molar-refractivity contribution in [3.63, 3.8) is 0 Å². The van der Waals surface area contributed by atoms with E-state index in [0.717, 1.165) is 0 Å². The normalized spacial score (nSPS) is 15.8. The minimum atomic E-state index is -0.456. The van der Waals surface area contributed by atoms with Crippen molar-refractivity contribution in [2.24, 2.45) is 0 Å². The van der Waals surface area contributed by atoms with Gasteiger partial charge in [0, 0.05) is 17.8 Å². The molecular formula is C14H20N3O3+. The lowest BCUT2D eigenvalue weighted by molar-refractivity contribution is -0.681. The lowest BCUT2D eigenvalue weighted by Gasteiger charge is -2.19. The number of nitrogens with two attached hydrogens (primary N) is 1. The number of non-ortho nitro benzene ring substituents is 1. The van der Waals surface area contributed by atoms with Gasteiger partial charge in [-0.3, -0.25) is 14.9 Å². The molecule has 0 aromatic heterocycles. The van der Waals surface area contributed by atoms with Crippen LogP contribution in [-0.4, -0.2) is 23.4 Å². The summed E-state index contributed by atoms with van der Waals surface area (Å²) in [6.45, 7) is 0.404. The molecular weight excluding hydrogens is 258 g/mol. The highest BCUT2D eigenvalue weighted by molar-refractivity contribution is 5.91. The van der Waals surface area contributed by atoms with Crippen LogP contribution in [0.15, 0.2) is 24.3 Å². The van der Waals surface area contributed by atoms with Crippen LogP contribution in [0.5, 0.6) is 0 Å². The van der Waals surface area contributed by atoms with E-state index < -0.39 is 4.92 Å². The quantitative estimate of drug-likeness (QED) is 0.630. The average molecular weight is 278 g/mol. The molecule has 0 spiro atoms. The first-order chi connectivity index (χ1) is 9.65. The minimum absolute atomic E-state index is 0.0248. The number of quaternary nitrogens is 1. The SMILES string of the molecule is O=C(C[NH2+]C1CCCCC1)Nc1ccc([N+](=O)[O-])cc1. The first-order valence-corrected chi connectivity index (χ1v) is 7.03. The molecule has 0 unspecified atom stereocenters. The van der Waals surface area contributed by atoms with E-state index >= 15 is 0 Å². The monoisotopic (exact) mass is 278 g/mol. The van der Waals surface area contributed by atoms with Gasteiger partial charge in [-0.05, 0) is 37.8 Å². The van der Waals surface area contributed by atoms with E-state index in [9.17, 15) is 14.9 Å². The fraction of sp³-hybridized carbons (Fsp3) is 0.500. The van der Waals surface area contributed by atoms with Gasteiger partial charge in [0.25, 0.3) is 11.6 Å². The fourth-order valence-corrected chi connectivity index (χ4v) is 2.52. The van der Waals surface area contributed by atoms with Crippen LogP contribution < -0.4 is 10.6 Å². The van der Waals surface area contributed by atoms with Crippen molar-refractivity contribution >= 4 is 17.3 Å². The van der Waals surface area contributed by atoms with Crippen molar-refractivity contribution in [2.75, 3.05) is 11.9 Å². The highest BCUT2D eigenvalue weighted by Gasteiger charge is 2.17. The molecule has 1 saturated carbocycles. The number of nitro groups is 1. The van der Waals surface area contributed by atoms with Crippen LogP contribution in [0.1, 0.15) is 32.1 Å². The van der Waals surface area contributed by atoms with Crippen LogP contribution in [0.25, 0.3) is 0 Å². The maximum Gasteiger partial charge on any atom is 0.279 e. The van der Waals surface area contributed by atoms with E-state index in [2.05, 4.69) is 10.6 Å². The van der Waals surface area contributed by atoms with Crippen molar-refractivity contribution in [3.8, 4) is 0 Å². The van der Waals surface area contributed by atoms with E-state index in [1.807, 2.05) is 0 Å². The lowest BCUT2D eigenvalue weighted by atomic mass is 9.95. The molecule has 6 heteroatoms. The molecule has 6 nitrogen and oxygen atoms in total. The van der Waals surface area contributed by atoms with Gasteiger partial charge in [0.05, 0.1) is 11.0 Å². The standard InChI is InChI=1S/C14H19N3O3/c18-14(10-15-11-4-2-1-3-5-11)16-12-6-8-13(9-7-12)17(19)20/h6-9,11,15H,1-5,10H2,(H,16,18)/p+1. The number of rotatable bonds is 5. The molecule has 20 heavy (non-hydrogen) atoms. The summed E-state index contributed by atoms with van der Waals surface area (Å²) in [6.07, 6.45) is 6.19. The maximum atomic E-state index is 11.8. The van der Waals surface area contributed by atoms with Crippen molar-refractivity contribution in [1.29, 1.82) is 0 Å². The molecule has 1 fully saturated rings. The second-order valence-corrected chi connectivity index (χ2v) is 5.19. The Hall–Kier alpha value is -1.95. The van der Waals surface area contributed by atoms with Crippen molar-refractivity contribution in [3.05, 3.63) is 34.4 Å². The third kappa shape index (κ3) is 4.31. The smallest absolute Gasteiger partial charge is 0.279 e. The van der Waals surface area contributed by atoms with Crippen molar-refractivity contribution in [1.82, 2.24) is 0 Å². The Morgan fingerprint density at radius 3 is 2.50 bits per heavy atom. The molecule has 108 valence electrons. The Morgan fingerprint density at radius 1 is 1.25 bits per heavy atom. The molecule has 2 rings (SSSR count). The molecule has 0 radical (unpaired) electrons. The van der Waals surface area contributed by atoms with Crippen molar-refractivity contribution in [2.45, 2.75) is 38.1 Å². The van der Waals surface area contributed by atoms with Crippen LogP contribution in [-0.2, 0) is 4.79 Å². The molecule has 1 aliphatic carbocycles. The zero-order chi connectivity index (χ0) is 14.4. The fourth-order valence-electron chi connectivity index (χ4n) is 2.52. The Balaban J connectivity index is 1.77. The number of hydrogen-bond acceptors (Lipinski definition) is 3. The van der Waals surface area contributed by atoms with Gasteiger partial charge in [0.2, 0.25) is 0 Å². The number of benzene rings is 1. The largest absolute Gasteiger partial charge is 0.336 e. The van der Waals surface area contributed by atoms with Gasteiger partial charge < -0.3 is 10.6 Å². The summed E-state index contributed by atoms with van der Waals surface area (Å²) in [5, 5.41) is 15.4. The number of nitrogens with zero attached hydrogens (tertiary/aromatic N) is 1. The zero-order valence-electron chi connectivity index (χ0n) is 11.4. The number of carbonyl (C=O) groups excluding carboxylic acids is 1. The summed E-state index contributed by atoms with van der Waals surface area (Å²) in [5.41, 5.74) is 0.620. The van der Waals surface area contributed by atoms with Gasteiger partial charge in [-0.25, -0.2) is 0 Å². The van der Waals surface area contributed by atoms with Gasteiger partial charge >= 0.3 is 0 Å². The Labute approximate surface area is 117 Å². The third-order valence-electron chi connectivity index (χ3n) is 3.65. The molecule has 1 aromatic carbocycles. The topological polar surface area (TPSA) is 88.8 Å². The van der Waals surface area contributed by atoms with Gasteiger partial charge in [0.1, 0.15) is 0 Å². The number of amides is 1. The summed E-state index contributed by atoms with van der Waals surface area (Å²) < 4.78 is 0. The van der Waals surface area contributed by atoms with Crippen LogP contribution in [0.4, 0.5) is 11.4 Å². The molecule has 0 aliphatic heterocycles. The summed E-state index contributed by atoms with van der Waals surface area (Å²) in [7, 11) is 0. The second kappa shape index (κ2) is 7.00. The van der Waals surface area contributed by atoms with Crippen LogP contribution in [0, 0.1) is 10.1 Å². The molecule has 3 N–H and O–H groups in total. The van der Waals surface area contributed by atoms with Gasteiger partial charge in [0.15, 0.2) is 6.54 Å². The van der Waals surface area contributed by atoms with E-state index in [1.54, 1.807) is 12.1 Å². The highest BCUT2D eigenvalue weighted by Crippen LogP contribution is 2.15. The molecule has 0 bridgehead atoms. The molecule has 1 aliphatic rings. The average Bonchev–Trinajstić information content (AvgIpc) is 2.47. The number of hydrogen-bond donors (Lipinski definition) is 2. The Bertz CT molecular complexity index is 467. The number of nitro benzene ring substituents is 1. The lowest BCUT2D eigenvalue weighted by Crippen LogP contribution is -2.91. The molecule has 1 amide bonds. The Morgan fingerprint density at radius 2 is 1.90 bits per heavy atom. The summed E-state index contributed by atoms with van der Waals surface area (Å²) in [6, 6.07) is 6.44. The van der Waals surface area contributed by atoms with Gasteiger partial charge in [-0.1, -0.05) is 6.42 Å². The molecule has 0 saturated heterocycles. The summed E-state index contributed by atoms with van der Waals surface area (Å²) in [5.74, 6) is -0.0653. The molecule has 1 aromatic rings. The Kier molecular flexibility index (Phi) is 5.06. The first kappa shape index (κ1) is 14.5. The van der Waals surface area contributed by atoms with E-state index in [4.69, 9.17) is 0 Å². The van der Waals surface area contributed by atoms with E-state index in [1.165, 1.54) is 44.2 Å². The van der Waals surface area contributed by atoms with Crippen molar-refractivity contribution < 1.29 is 15.0 Å². The number of nitrogens with one attached hydrogen (secondary N) is 1. The first-order valence-electron chi connectivity index (χ1n) is 7.03. The molecule has 0 heterocycles. The second-order valence-electron chi connectivity index (χ2n) is 5.19. The van der Waals surface area contributed by atoms with E-state index in [-0.39, 0.29) is 11.6 Å². The minimum Gasteiger partial charge on any atom is -0.336 e. The van der Waals surface area contributed by atoms with Crippen LogP contribution in [0.2, 0.25) is 0 Å². The predicted octanol–water partition coefficient (Wildman–Crippen LogP) is 1.43. The van der Waals surface area contributed by atoms with Crippen LogP contribution in [0.3, 0.4) is 0 Å².